The molecule has 1 aromatic carbocycles. The fourth-order valence-corrected chi connectivity index (χ4v) is 4.15. The number of likely N-dealkylation sites (N-methyl/N-ethyl adjacent to an activating group) is 1. The highest BCUT2D eigenvalue weighted by Gasteiger charge is 2.41. The predicted molar refractivity (Wildman–Crippen MR) is 93.0 cm³/mol. The van der Waals surface area contributed by atoms with Crippen molar-refractivity contribution in [2.24, 2.45) is 5.73 Å². The van der Waals surface area contributed by atoms with Gasteiger partial charge in [0.15, 0.2) is 6.04 Å². The number of primary amides is 1. The third-order valence-electron chi connectivity index (χ3n) is 4.41. The third-order valence-corrected chi connectivity index (χ3v) is 5.68. The van der Waals surface area contributed by atoms with Crippen LogP contribution in [0.15, 0.2) is 18.2 Å². The van der Waals surface area contributed by atoms with Crippen molar-refractivity contribution in [3.05, 3.63) is 34.2 Å². The first-order valence-electron chi connectivity index (χ1n) is 7.66. The molecule has 0 bridgehead atoms. The molecule has 0 aliphatic carbocycles. The maximum absolute atomic E-state index is 13.0. The van der Waals surface area contributed by atoms with Crippen molar-refractivity contribution in [2.45, 2.75) is 19.9 Å². The van der Waals surface area contributed by atoms with Crippen LogP contribution < -0.4 is 5.73 Å². The summed E-state index contributed by atoms with van der Waals surface area (Å²) in [5, 5.41) is 1.03. The molecule has 3 amide bonds. The first-order valence-corrected chi connectivity index (χ1v) is 8.48. The van der Waals surface area contributed by atoms with Crippen molar-refractivity contribution in [3.8, 4) is 0 Å². The van der Waals surface area contributed by atoms with Crippen molar-refractivity contribution in [2.75, 3.05) is 20.1 Å². The van der Waals surface area contributed by atoms with Crippen molar-refractivity contribution in [1.82, 2.24) is 9.80 Å². The second-order valence-corrected chi connectivity index (χ2v) is 7.17. The number of carbonyl (C=O) groups excluding carboxylic acids is 3. The second kappa shape index (κ2) is 5.90. The summed E-state index contributed by atoms with van der Waals surface area (Å²) < 4.78 is 1.01. The van der Waals surface area contributed by atoms with E-state index < -0.39 is 17.9 Å². The summed E-state index contributed by atoms with van der Waals surface area (Å²) in [6, 6.07) is 4.79. The number of thiophene rings is 1. The van der Waals surface area contributed by atoms with Crippen LogP contribution in [0, 0.1) is 13.8 Å². The Balaban J connectivity index is 2.03. The van der Waals surface area contributed by atoms with Gasteiger partial charge in [0.1, 0.15) is 0 Å². The lowest BCUT2D eigenvalue weighted by atomic mass is 10.1. The smallest absolute Gasteiger partial charge is 0.265 e. The molecular formula is C17H19N3O3S. The number of aryl methyl sites for hydroxylation is 2. The third kappa shape index (κ3) is 2.54. The lowest BCUT2D eigenvalue weighted by Crippen LogP contribution is -2.62. The van der Waals surface area contributed by atoms with Crippen LogP contribution in [0.2, 0.25) is 0 Å². The molecule has 1 aromatic heterocycles. The molecule has 0 saturated carbocycles. The summed E-state index contributed by atoms with van der Waals surface area (Å²) in [6.45, 7) is 4.57. The lowest BCUT2D eigenvalue weighted by Gasteiger charge is -2.37. The Morgan fingerprint density at radius 3 is 2.62 bits per heavy atom. The van der Waals surface area contributed by atoms with E-state index in [1.807, 2.05) is 32.0 Å². The topological polar surface area (TPSA) is 83.7 Å². The highest BCUT2D eigenvalue weighted by Crippen LogP contribution is 2.33. The SMILES string of the molecule is Cc1ccc2sc(C(=O)N3CCN(C)C(=O)C3C(N)=O)c(C)c2c1. The number of fused-ring (bicyclic) bond motifs is 1. The zero-order valence-corrected chi connectivity index (χ0v) is 14.6. The highest BCUT2D eigenvalue weighted by atomic mass is 32.1. The van der Waals surface area contributed by atoms with Gasteiger partial charge in [-0.25, -0.2) is 0 Å². The average molecular weight is 345 g/mol. The van der Waals surface area contributed by atoms with E-state index in [1.165, 1.54) is 21.1 Å². The summed E-state index contributed by atoms with van der Waals surface area (Å²) in [5.41, 5.74) is 7.37. The van der Waals surface area contributed by atoms with E-state index >= 15 is 0 Å². The second-order valence-electron chi connectivity index (χ2n) is 6.12. The maximum Gasteiger partial charge on any atom is 0.265 e. The van der Waals surface area contributed by atoms with Gasteiger partial charge < -0.3 is 15.5 Å². The molecular weight excluding hydrogens is 326 g/mol. The van der Waals surface area contributed by atoms with E-state index in [1.54, 1.807) is 7.05 Å². The first kappa shape index (κ1) is 16.4. The first-order chi connectivity index (χ1) is 11.3. The molecule has 1 atom stereocenters. The highest BCUT2D eigenvalue weighted by molar-refractivity contribution is 7.21. The van der Waals surface area contributed by atoms with E-state index in [0.29, 0.717) is 18.0 Å². The van der Waals surface area contributed by atoms with Crippen LogP contribution >= 0.6 is 11.3 Å². The van der Waals surface area contributed by atoms with Gasteiger partial charge in [-0.15, -0.1) is 11.3 Å². The van der Waals surface area contributed by atoms with E-state index in [-0.39, 0.29) is 5.91 Å². The summed E-state index contributed by atoms with van der Waals surface area (Å²) in [6.07, 6.45) is 0. The number of rotatable bonds is 2. The molecule has 2 N–H and O–H groups in total. The predicted octanol–water partition coefficient (Wildman–Crippen LogP) is 1.29. The Bertz CT molecular complexity index is 858. The van der Waals surface area contributed by atoms with Crippen molar-refractivity contribution < 1.29 is 14.4 Å². The number of amides is 3. The molecule has 6 nitrogen and oxygen atoms in total. The van der Waals surface area contributed by atoms with Gasteiger partial charge in [0, 0.05) is 24.8 Å². The van der Waals surface area contributed by atoms with Crippen molar-refractivity contribution >= 4 is 39.1 Å². The van der Waals surface area contributed by atoms with Gasteiger partial charge >= 0.3 is 0 Å². The normalized spacial score (nSPS) is 18.3. The van der Waals surface area contributed by atoms with Crippen molar-refractivity contribution in [1.29, 1.82) is 0 Å². The quantitative estimate of drug-likeness (QED) is 0.833. The Hall–Kier alpha value is -2.41. The van der Waals surface area contributed by atoms with E-state index in [0.717, 1.165) is 21.2 Å². The molecule has 1 saturated heterocycles. The summed E-state index contributed by atoms with van der Waals surface area (Å²) in [4.78, 5) is 40.3. The van der Waals surface area contributed by atoms with Crippen LogP contribution in [0.4, 0.5) is 0 Å². The molecule has 2 aromatic rings. The van der Waals surface area contributed by atoms with Crippen LogP contribution in [0.25, 0.3) is 10.1 Å². The van der Waals surface area contributed by atoms with Crippen LogP contribution in [0.5, 0.6) is 0 Å². The molecule has 0 radical (unpaired) electrons. The molecule has 1 unspecified atom stereocenters. The summed E-state index contributed by atoms with van der Waals surface area (Å²) >= 11 is 1.38. The zero-order chi connectivity index (χ0) is 17.6. The Labute approximate surface area is 143 Å². The van der Waals surface area contributed by atoms with Gasteiger partial charge in [-0.2, -0.15) is 0 Å². The average Bonchev–Trinajstić information content (AvgIpc) is 2.85. The molecule has 7 heteroatoms. The van der Waals surface area contributed by atoms with Crippen molar-refractivity contribution in [3.63, 3.8) is 0 Å². The number of benzene rings is 1. The molecule has 3 rings (SSSR count). The molecule has 1 fully saturated rings. The fourth-order valence-electron chi connectivity index (χ4n) is 3.00. The van der Waals surface area contributed by atoms with Gasteiger partial charge in [0.05, 0.1) is 4.88 Å². The number of carbonyl (C=O) groups is 3. The molecule has 2 heterocycles. The van der Waals surface area contributed by atoms with Gasteiger partial charge in [0.25, 0.3) is 11.8 Å². The molecule has 1 aliphatic heterocycles. The zero-order valence-electron chi connectivity index (χ0n) is 13.8. The lowest BCUT2D eigenvalue weighted by molar-refractivity contribution is -0.144. The largest absolute Gasteiger partial charge is 0.367 e. The van der Waals surface area contributed by atoms with Gasteiger partial charge in [0.2, 0.25) is 5.91 Å². The number of nitrogens with two attached hydrogens (primary N) is 1. The van der Waals surface area contributed by atoms with Gasteiger partial charge in [-0.1, -0.05) is 17.7 Å². The van der Waals surface area contributed by atoms with E-state index in [4.69, 9.17) is 5.73 Å². The monoisotopic (exact) mass is 345 g/mol. The molecule has 24 heavy (non-hydrogen) atoms. The number of piperazine rings is 1. The summed E-state index contributed by atoms with van der Waals surface area (Å²) in [5.74, 6) is -1.54. The summed E-state index contributed by atoms with van der Waals surface area (Å²) in [7, 11) is 1.60. The van der Waals surface area contributed by atoms with Crippen LogP contribution in [-0.4, -0.2) is 53.7 Å². The number of hydrogen-bond acceptors (Lipinski definition) is 4. The van der Waals surface area contributed by atoms with Gasteiger partial charge in [-0.3, -0.25) is 14.4 Å². The molecule has 126 valence electrons. The standard InChI is InChI=1S/C17H19N3O3S/c1-9-4-5-12-11(8-9)10(2)14(24-12)17(23)20-7-6-19(3)16(22)13(20)15(18)21/h4-5,8,13H,6-7H2,1-3H3,(H2,18,21). The minimum Gasteiger partial charge on any atom is -0.367 e. The van der Waals surface area contributed by atoms with E-state index in [2.05, 4.69) is 0 Å². The maximum atomic E-state index is 13.0. The van der Waals surface area contributed by atoms with Gasteiger partial charge in [-0.05, 0) is 30.9 Å². The van der Waals surface area contributed by atoms with Crippen LogP contribution in [-0.2, 0) is 9.59 Å². The molecule has 0 spiro atoms. The Morgan fingerprint density at radius 2 is 1.96 bits per heavy atom. The van der Waals surface area contributed by atoms with Crippen LogP contribution in [0.1, 0.15) is 20.8 Å². The minimum atomic E-state index is -1.23. The van der Waals surface area contributed by atoms with Crippen LogP contribution in [0.3, 0.4) is 0 Å². The number of nitrogens with zero attached hydrogens (tertiary/aromatic N) is 2. The Kier molecular flexibility index (Phi) is 4.04. The fraction of sp³-hybridized carbons (Fsp3) is 0.353. The van der Waals surface area contributed by atoms with E-state index in [9.17, 15) is 14.4 Å². The number of hydrogen-bond donors (Lipinski definition) is 1. The Morgan fingerprint density at radius 1 is 1.25 bits per heavy atom. The molecule has 1 aliphatic rings. The minimum absolute atomic E-state index is 0.293.